The van der Waals surface area contributed by atoms with E-state index in [-0.39, 0.29) is 17.7 Å². The summed E-state index contributed by atoms with van der Waals surface area (Å²) in [7, 11) is -2.41. The zero-order valence-electron chi connectivity index (χ0n) is 18.3. The molecule has 2 aromatic rings. The van der Waals surface area contributed by atoms with Crippen LogP contribution < -0.4 is 10.6 Å². The molecule has 0 radical (unpaired) electrons. The monoisotopic (exact) mass is 551 g/mol. The van der Waals surface area contributed by atoms with Crippen LogP contribution in [0.2, 0.25) is 0 Å². The first kappa shape index (κ1) is 26.4. The number of benzene rings is 1. The van der Waals surface area contributed by atoms with Crippen LogP contribution in [0.1, 0.15) is 26.7 Å². The Balaban J connectivity index is 1.92. The van der Waals surface area contributed by atoms with Gasteiger partial charge in [-0.25, -0.2) is 8.42 Å². The lowest BCUT2D eigenvalue weighted by molar-refractivity contribution is -0.122. The number of amides is 2. The zero-order chi connectivity index (χ0) is 25.3. The van der Waals surface area contributed by atoms with Gasteiger partial charge in [0, 0.05) is 29.9 Å². The van der Waals surface area contributed by atoms with Gasteiger partial charge < -0.3 is 10.6 Å². The van der Waals surface area contributed by atoms with Gasteiger partial charge in [-0.15, -0.1) is 5.11 Å². The summed E-state index contributed by atoms with van der Waals surface area (Å²) in [6.07, 6.45) is 0.239. The molecule has 0 spiro atoms. The molecule has 1 heterocycles. The predicted octanol–water partition coefficient (Wildman–Crippen LogP) is 1.82. The van der Waals surface area contributed by atoms with Crippen LogP contribution in [0.15, 0.2) is 33.3 Å². The van der Waals surface area contributed by atoms with E-state index >= 15 is 0 Å². The summed E-state index contributed by atoms with van der Waals surface area (Å²) >= 11 is 1.01. The van der Waals surface area contributed by atoms with Crippen LogP contribution in [-0.4, -0.2) is 63.5 Å². The Morgan fingerprint density at radius 3 is 2.21 bits per heavy atom. The highest BCUT2D eigenvalue weighted by molar-refractivity contribution is 8.13. The average Bonchev–Trinajstić information content (AvgIpc) is 3.09. The van der Waals surface area contributed by atoms with Gasteiger partial charge >= 0.3 is 0 Å². The smallest absolute Gasteiger partial charge is 0.264 e. The number of halogens is 1. The van der Waals surface area contributed by atoms with Crippen LogP contribution in [0.3, 0.4) is 0 Å². The summed E-state index contributed by atoms with van der Waals surface area (Å²) in [5.74, 6) is -0.816. The van der Waals surface area contributed by atoms with Gasteiger partial charge in [-0.05, 0) is 42.6 Å². The Morgan fingerprint density at radius 1 is 1.12 bits per heavy atom. The van der Waals surface area contributed by atoms with E-state index in [1.807, 2.05) is 0 Å². The maximum absolute atomic E-state index is 11.8. The van der Waals surface area contributed by atoms with Crippen molar-refractivity contribution in [1.82, 2.24) is 15.0 Å². The normalized spacial score (nSPS) is 23.8. The highest BCUT2D eigenvalue weighted by Gasteiger charge is 2.42. The molecule has 16 heteroatoms. The van der Waals surface area contributed by atoms with Crippen LogP contribution in [-0.2, 0) is 32.9 Å². The number of hydrogen-bond acceptors (Lipinski definition) is 11. The van der Waals surface area contributed by atoms with Crippen LogP contribution in [0, 0.1) is 0 Å². The summed E-state index contributed by atoms with van der Waals surface area (Å²) in [5.41, 5.74) is 0.514. The lowest BCUT2D eigenvalue weighted by Gasteiger charge is -2.39. The molecule has 12 nitrogen and oxygen atoms in total. The standard InChI is InChI=1S/C18H22ClN5O7S3/c1-9(25)20-15-6-11(7-16(21-10(2)26)17(15)31-33(3,27)28)22-23-18-13-8-12(34(19,29)30)4-5-14(13)24-32-18/h4-5,8,11,15-17H,6-7H2,1-3H3,(H,20,25)(H,21,26). The molecule has 1 aromatic carbocycles. The van der Waals surface area contributed by atoms with Gasteiger partial charge in [-0.3, -0.25) is 13.8 Å². The highest BCUT2D eigenvalue weighted by atomic mass is 35.7. The van der Waals surface area contributed by atoms with Gasteiger partial charge in [0.1, 0.15) is 6.10 Å². The average molecular weight is 552 g/mol. The van der Waals surface area contributed by atoms with Crippen LogP contribution in [0.5, 0.6) is 0 Å². The van der Waals surface area contributed by atoms with E-state index in [9.17, 15) is 26.4 Å². The Morgan fingerprint density at radius 2 is 1.71 bits per heavy atom. The molecule has 2 N–H and O–H groups in total. The molecule has 2 amide bonds. The van der Waals surface area contributed by atoms with Crippen molar-refractivity contribution in [3.05, 3.63) is 18.2 Å². The number of azo groups is 1. The summed E-state index contributed by atoms with van der Waals surface area (Å²) in [6, 6.07) is 2.14. The molecule has 0 saturated heterocycles. The minimum Gasteiger partial charge on any atom is -0.351 e. The van der Waals surface area contributed by atoms with Gasteiger partial charge in [0.15, 0.2) is 5.00 Å². The van der Waals surface area contributed by atoms with Crippen LogP contribution in [0.4, 0.5) is 5.00 Å². The topological polar surface area (TPSA) is 173 Å². The molecule has 0 aliphatic heterocycles. The molecule has 3 rings (SSSR count). The van der Waals surface area contributed by atoms with Crippen molar-refractivity contribution in [2.24, 2.45) is 10.2 Å². The lowest BCUT2D eigenvalue weighted by atomic mass is 9.84. The predicted molar refractivity (Wildman–Crippen MR) is 125 cm³/mol. The van der Waals surface area contributed by atoms with E-state index in [1.165, 1.54) is 32.0 Å². The zero-order valence-corrected chi connectivity index (χ0v) is 21.5. The second-order valence-electron chi connectivity index (χ2n) is 7.82. The quantitative estimate of drug-likeness (QED) is 0.297. The molecular formula is C18H22ClN5O7S3. The summed E-state index contributed by atoms with van der Waals surface area (Å²) < 4.78 is 56.3. The van der Waals surface area contributed by atoms with E-state index < -0.39 is 55.2 Å². The fraction of sp³-hybridized carbons (Fsp3) is 0.500. The van der Waals surface area contributed by atoms with E-state index in [4.69, 9.17) is 14.9 Å². The van der Waals surface area contributed by atoms with Gasteiger partial charge in [0.2, 0.25) is 11.8 Å². The Kier molecular flexibility index (Phi) is 7.92. The number of nitrogens with one attached hydrogen (secondary N) is 2. The number of aromatic nitrogens is 1. The first-order valence-electron chi connectivity index (χ1n) is 9.90. The molecule has 2 unspecified atom stereocenters. The van der Waals surface area contributed by atoms with Crippen molar-refractivity contribution >= 4 is 69.1 Å². The fourth-order valence-electron chi connectivity index (χ4n) is 3.73. The molecule has 1 aliphatic carbocycles. The third kappa shape index (κ3) is 6.91. The molecule has 1 aromatic heterocycles. The number of fused-ring (bicyclic) bond motifs is 1. The molecule has 34 heavy (non-hydrogen) atoms. The minimum atomic E-state index is -3.95. The molecule has 0 bridgehead atoms. The summed E-state index contributed by atoms with van der Waals surface area (Å²) in [4.78, 5) is 23.4. The van der Waals surface area contributed by atoms with Crippen molar-refractivity contribution in [1.29, 1.82) is 0 Å². The highest BCUT2D eigenvalue weighted by Crippen LogP contribution is 2.34. The van der Waals surface area contributed by atoms with Crippen molar-refractivity contribution in [3.8, 4) is 0 Å². The second kappa shape index (κ2) is 10.2. The van der Waals surface area contributed by atoms with E-state index in [1.54, 1.807) is 0 Å². The minimum absolute atomic E-state index is 0.104. The van der Waals surface area contributed by atoms with Crippen LogP contribution in [0.25, 0.3) is 10.9 Å². The molecular weight excluding hydrogens is 530 g/mol. The van der Waals surface area contributed by atoms with Crippen LogP contribution >= 0.6 is 22.2 Å². The largest absolute Gasteiger partial charge is 0.351 e. The van der Waals surface area contributed by atoms with E-state index in [2.05, 4.69) is 25.2 Å². The van der Waals surface area contributed by atoms with Crippen molar-refractivity contribution in [2.75, 3.05) is 6.26 Å². The number of nitrogens with zero attached hydrogens (tertiary/aromatic N) is 3. The van der Waals surface area contributed by atoms with Crippen molar-refractivity contribution in [3.63, 3.8) is 0 Å². The number of carbonyl (C=O) groups is 2. The Bertz CT molecular complexity index is 1320. The number of hydrogen-bond donors (Lipinski definition) is 2. The fourth-order valence-corrected chi connectivity index (χ4v) is 5.87. The maximum atomic E-state index is 11.8. The molecule has 186 valence electrons. The Labute approximate surface area is 204 Å². The lowest BCUT2D eigenvalue weighted by Crippen LogP contribution is -2.60. The van der Waals surface area contributed by atoms with Gasteiger partial charge in [-0.1, -0.05) is 0 Å². The summed E-state index contributed by atoms with van der Waals surface area (Å²) in [6.45, 7) is 2.56. The third-order valence-electron chi connectivity index (χ3n) is 4.93. The first-order valence-corrected chi connectivity index (χ1v) is 14.8. The Hall–Kier alpha value is -2.20. The van der Waals surface area contributed by atoms with Gasteiger partial charge in [-0.2, -0.15) is 17.9 Å². The van der Waals surface area contributed by atoms with Crippen molar-refractivity contribution < 1.29 is 30.6 Å². The SMILES string of the molecule is CC(=O)NC1CC(N=Nc2snc3ccc(S(=O)(=O)Cl)cc23)CC(NC(C)=O)C1OS(C)(=O)=O. The number of rotatable bonds is 7. The van der Waals surface area contributed by atoms with E-state index in [0.29, 0.717) is 15.9 Å². The first-order chi connectivity index (χ1) is 15.7. The van der Waals surface area contributed by atoms with Gasteiger partial charge in [0.05, 0.1) is 34.8 Å². The molecule has 1 fully saturated rings. The van der Waals surface area contributed by atoms with E-state index in [0.717, 1.165) is 17.8 Å². The van der Waals surface area contributed by atoms with Gasteiger partial charge in [0.25, 0.3) is 19.2 Å². The summed E-state index contributed by atoms with van der Waals surface area (Å²) in [5, 5.41) is 14.7. The molecule has 1 aliphatic rings. The molecule has 2 atom stereocenters. The maximum Gasteiger partial charge on any atom is 0.264 e. The van der Waals surface area contributed by atoms with Crippen molar-refractivity contribution in [2.45, 2.75) is 55.8 Å². The second-order valence-corrected chi connectivity index (χ2v) is 12.7. The third-order valence-corrected chi connectivity index (χ3v) is 7.62. The molecule has 1 saturated carbocycles. The number of carbonyl (C=O) groups excluding carboxylic acids is 2.